The Morgan fingerprint density at radius 2 is 2.23 bits per heavy atom. The summed E-state index contributed by atoms with van der Waals surface area (Å²) >= 11 is 3.43. The first-order valence-electron chi connectivity index (χ1n) is 4.17. The van der Waals surface area contributed by atoms with Crippen LogP contribution in [0, 0.1) is 0 Å². The number of hydrogen-bond donors (Lipinski definition) is 1. The molecule has 2 aromatic rings. The molecule has 1 aromatic carbocycles. The van der Waals surface area contributed by atoms with E-state index < -0.39 is 0 Å². The van der Waals surface area contributed by atoms with Crippen LogP contribution in [0.4, 0.5) is 0 Å². The van der Waals surface area contributed by atoms with Crippen molar-refractivity contribution in [1.82, 2.24) is 0 Å². The molecule has 0 aliphatic rings. The highest BCUT2D eigenvalue weighted by Gasteiger charge is 2.04. The number of hydrogen-bond acceptors (Lipinski definition) is 2. The van der Waals surface area contributed by atoms with Gasteiger partial charge in [0.1, 0.15) is 5.58 Å². The van der Waals surface area contributed by atoms with Gasteiger partial charge >= 0.3 is 0 Å². The molecular formula is C10H10BrNO. The second kappa shape index (κ2) is 3.52. The van der Waals surface area contributed by atoms with Crippen LogP contribution >= 0.6 is 15.9 Å². The van der Waals surface area contributed by atoms with Crippen molar-refractivity contribution < 1.29 is 4.42 Å². The van der Waals surface area contributed by atoms with Crippen LogP contribution in [-0.2, 0) is 6.42 Å². The Kier molecular flexibility index (Phi) is 2.38. The first kappa shape index (κ1) is 8.78. The van der Waals surface area contributed by atoms with Gasteiger partial charge in [0.2, 0.25) is 0 Å². The molecule has 0 aliphatic heterocycles. The number of rotatable bonds is 2. The highest BCUT2D eigenvalue weighted by molar-refractivity contribution is 9.10. The Bertz CT molecular complexity index is 422. The summed E-state index contributed by atoms with van der Waals surface area (Å²) in [5.41, 5.74) is 7.60. The molecule has 0 radical (unpaired) electrons. The van der Waals surface area contributed by atoms with Gasteiger partial charge in [-0.05, 0) is 36.7 Å². The molecule has 2 rings (SSSR count). The third-order valence-corrected chi connectivity index (χ3v) is 2.52. The summed E-state index contributed by atoms with van der Waals surface area (Å²) in [6.45, 7) is 0.654. The maximum atomic E-state index is 5.50. The quantitative estimate of drug-likeness (QED) is 0.876. The maximum absolute atomic E-state index is 5.50. The Labute approximate surface area is 84.8 Å². The third kappa shape index (κ3) is 1.62. The minimum atomic E-state index is 0.654. The Morgan fingerprint density at radius 1 is 1.38 bits per heavy atom. The summed E-state index contributed by atoms with van der Waals surface area (Å²) in [7, 11) is 0. The lowest BCUT2D eigenvalue weighted by Crippen LogP contribution is -2.01. The zero-order chi connectivity index (χ0) is 9.26. The Morgan fingerprint density at radius 3 is 3.00 bits per heavy atom. The summed E-state index contributed by atoms with van der Waals surface area (Å²) < 4.78 is 6.45. The second-order valence-electron chi connectivity index (χ2n) is 2.94. The molecule has 1 aromatic heterocycles. The number of halogens is 1. The first-order chi connectivity index (χ1) is 6.31. The number of benzene rings is 1. The van der Waals surface area contributed by atoms with Crippen LogP contribution in [0.1, 0.15) is 5.56 Å². The van der Waals surface area contributed by atoms with Gasteiger partial charge in [-0.2, -0.15) is 0 Å². The molecule has 0 saturated carbocycles. The fourth-order valence-electron chi connectivity index (χ4n) is 1.40. The van der Waals surface area contributed by atoms with Gasteiger partial charge in [-0.3, -0.25) is 0 Å². The van der Waals surface area contributed by atoms with Crippen LogP contribution in [0.15, 0.2) is 33.4 Å². The van der Waals surface area contributed by atoms with E-state index in [9.17, 15) is 0 Å². The van der Waals surface area contributed by atoms with Crippen molar-refractivity contribution in [2.75, 3.05) is 6.54 Å². The van der Waals surface area contributed by atoms with E-state index in [1.807, 2.05) is 12.1 Å². The minimum Gasteiger partial charge on any atom is -0.464 e. The molecule has 0 bridgehead atoms. The van der Waals surface area contributed by atoms with Crippen molar-refractivity contribution in [2.24, 2.45) is 5.73 Å². The summed E-state index contributed by atoms with van der Waals surface area (Å²) in [5.74, 6) is 0. The molecule has 0 spiro atoms. The lowest BCUT2D eigenvalue weighted by Gasteiger charge is -1.94. The van der Waals surface area contributed by atoms with Crippen molar-refractivity contribution in [3.8, 4) is 0 Å². The summed E-state index contributed by atoms with van der Waals surface area (Å²) in [6.07, 6.45) is 2.65. The number of nitrogens with two attached hydrogens (primary N) is 1. The van der Waals surface area contributed by atoms with Crippen molar-refractivity contribution in [1.29, 1.82) is 0 Å². The van der Waals surface area contributed by atoms with Gasteiger partial charge < -0.3 is 10.2 Å². The zero-order valence-electron chi connectivity index (χ0n) is 7.09. The monoisotopic (exact) mass is 239 g/mol. The molecule has 0 aliphatic carbocycles. The van der Waals surface area contributed by atoms with Crippen molar-refractivity contribution >= 4 is 26.9 Å². The summed E-state index contributed by atoms with van der Waals surface area (Å²) in [4.78, 5) is 0. The molecule has 0 atom stereocenters. The minimum absolute atomic E-state index is 0.654. The molecule has 0 saturated heterocycles. The zero-order valence-corrected chi connectivity index (χ0v) is 8.67. The van der Waals surface area contributed by atoms with Crippen molar-refractivity contribution in [3.05, 3.63) is 34.5 Å². The topological polar surface area (TPSA) is 39.2 Å². The highest BCUT2D eigenvalue weighted by atomic mass is 79.9. The van der Waals surface area contributed by atoms with Crippen LogP contribution in [-0.4, -0.2) is 6.54 Å². The van der Waals surface area contributed by atoms with E-state index >= 15 is 0 Å². The van der Waals surface area contributed by atoms with Gasteiger partial charge in [0.15, 0.2) is 0 Å². The second-order valence-corrected chi connectivity index (χ2v) is 3.86. The molecule has 13 heavy (non-hydrogen) atoms. The molecule has 1 heterocycles. The number of furan rings is 1. The average molecular weight is 240 g/mol. The predicted molar refractivity (Wildman–Crippen MR) is 56.7 cm³/mol. The van der Waals surface area contributed by atoms with E-state index in [2.05, 4.69) is 22.0 Å². The molecular weight excluding hydrogens is 230 g/mol. The lowest BCUT2D eigenvalue weighted by molar-refractivity contribution is 0.610. The summed E-state index contributed by atoms with van der Waals surface area (Å²) in [5, 5.41) is 1.15. The molecule has 2 nitrogen and oxygen atoms in total. The van der Waals surface area contributed by atoms with E-state index in [4.69, 9.17) is 10.2 Å². The van der Waals surface area contributed by atoms with Gasteiger partial charge in [0.25, 0.3) is 0 Å². The van der Waals surface area contributed by atoms with Crippen LogP contribution in [0.25, 0.3) is 11.0 Å². The van der Waals surface area contributed by atoms with E-state index in [0.717, 1.165) is 21.9 Å². The fourth-order valence-corrected chi connectivity index (χ4v) is 1.76. The smallest absolute Gasteiger partial charge is 0.134 e. The van der Waals surface area contributed by atoms with Crippen molar-refractivity contribution in [2.45, 2.75) is 6.42 Å². The van der Waals surface area contributed by atoms with Crippen LogP contribution in [0.5, 0.6) is 0 Å². The van der Waals surface area contributed by atoms with E-state index in [1.54, 1.807) is 6.26 Å². The SMILES string of the molecule is NCCc1coc2ccc(Br)cc12. The van der Waals surface area contributed by atoms with Gasteiger partial charge in [-0.25, -0.2) is 0 Å². The van der Waals surface area contributed by atoms with E-state index in [1.165, 1.54) is 5.56 Å². The lowest BCUT2D eigenvalue weighted by atomic mass is 10.1. The molecule has 0 unspecified atom stereocenters. The fraction of sp³-hybridized carbons (Fsp3) is 0.200. The van der Waals surface area contributed by atoms with Crippen LogP contribution in [0.2, 0.25) is 0 Å². The van der Waals surface area contributed by atoms with Gasteiger partial charge in [0, 0.05) is 9.86 Å². The maximum Gasteiger partial charge on any atom is 0.134 e. The van der Waals surface area contributed by atoms with Crippen LogP contribution < -0.4 is 5.73 Å². The van der Waals surface area contributed by atoms with Gasteiger partial charge in [-0.15, -0.1) is 0 Å². The van der Waals surface area contributed by atoms with Gasteiger partial charge in [0.05, 0.1) is 6.26 Å². The molecule has 0 fully saturated rings. The molecule has 2 N–H and O–H groups in total. The largest absolute Gasteiger partial charge is 0.464 e. The van der Waals surface area contributed by atoms with E-state index in [0.29, 0.717) is 6.54 Å². The molecule has 3 heteroatoms. The predicted octanol–water partition coefficient (Wildman–Crippen LogP) is 2.70. The van der Waals surface area contributed by atoms with Crippen molar-refractivity contribution in [3.63, 3.8) is 0 Å². The Hall–Kier alpha value is -0.800. The third-order valence-electron chi connectivity index (χ3n) is 2.03. The molecule has 0 amide bonds. The molecule has 68 valence electrons. The van der Waals surface area contributed by atoms with Gasteiger partial charge in [-0.1, -0.05) is 15.9 Å². The van der Waals surface area contributed by atoms with E-state index in [-0.39, 0.29) is 0 Å². The van der Waals surface area contributed by atoms with Crippen LogP contribution in [0.3, 0.4) is 0 Å². The normalized spacial score (nSPS) is 10.9. The average Bonchev–Trinajstić information content (AvgIpc) is 2.49. The standard InChI is InChI=1S/C10H10BrNO/c11-8-1-2-10-9(5-8)7(3-4-12)6-13-10/h1-2,5-6H,3-4,12H2. The Balaban J connectivity index is 2.58. The highest BCUT2D eigenvalue weighted by Crippen LogP contribution is 2.24. The summed E-state index contributed by atoms with van der Waals surface area (Å²) in [6, 6.07) is 5.99. The number of fused-ring (bicyclic) bond motifs is 1. The first-order valence-corrected chi connectivity index (χ1v) is 4.96.